The SMILES string of the molecule is CCc1c(N)nnn1Cc1ncc(-c2ccc(F)cc2)o1. The number of benzene rings is 1. The summed E-state index contributed by atoms with van der Waals surface area (Å²) in [6.07, 6.45) is 2.33. The summed E-state index contributed by atoms with van der Waals surface area (Å²) in [5.41, 5.74) is 7.35. The van der Waals surface area contributed by atoms with Gasteiger partial charge in [-0.2, -0.15) is 0 Å². The van der Waals surface area contributed by atoms with E-state index >= 15 is 0 Å². The first-order chi connectivity index (χ1) is 10.2. The molecule has 0 amide bonds. The average Bonchev–Trinajstić information content (AvgIpc) is 3.07. The van der Waals surface area contributed by atoms with Crippen molar-refractivity contribution in [1.29, 1.82) is 0 Å². The van der Waals surface area contributed by atoms with Gasteiger partial charge in [-0.1, -0.05) is 12.1 Å². The molecule has 0 spiro atoms. The van der Waals surface area contributed by atoms with Crippen LogP contribution in [0.5, 0.6) is 0 Å². The van der Waals surface area contributed by atoms with E-state index in [4.69, 9.17) is 10.2 Å². The van der Waals surface area contributed by atoms with Gasteiger partial charge < -0.3 is 10.2 Å². The maximum atomic E-state index is 12.9. The molecule has 7 heteroatoms. The van der Waals surface area contributed by atoms with E-state index in [9.17, 15) is 4.39 Å². The molecular weight excluding hydrogens is 273 g/mol. The molecule has 1 aromatic carbocycles. The average molecular weight is 287 g/mol. The van der Waals surface area contributed by atoms with Crippen LogP contribution in [0.25, 0.3) is 11.3 Å². The van der Waals surface area contributed by atoms with E-state index in [1.807, 2.05) is 6.92 Å². The van der Waals surface area contributed by atoms with E-state index in [1.165, 1.54) is 12.1 Å². The summed E-state index contributed by atoms with van der Waals surface area (Å²) >= 11 is 0. The van der Waals surface area contributed by atoms with Gasteiger partial charge in [0.15, 0.2) is 11.6 Å². The zero-order valence-corrected chi connectivity index (χ0v) is 11.5. The lowest BCUT2D eigenvalue weighted by atomic mass is 10.2. The fourth-order valence-electron chi connectivity index (χ4n) is 2.10. The summed E-state index contributed by atoms with van der Waals surface area (Å²) in [5.74, 6) is 1.21. The Bertz CT molecular complexity index is 747. The third-order valence-electron chi connectivity index (χ3n) is 3.17. The lowest BCUT2D eigenvalue weighted by Crippen LogP contribution is -2.06. The Morgan fingerprint density at radius 2 is 2.05 bits per heavy atom. The first-order valence-electron chi connectivity index (χ1n) is 6.56. The minimum absolute atomic E-state index is 0.288. The number of aromatic nitrogens is 4. The molecule has 0 saturated heterocycles. The third kappa shape index (κ3) is 2.62. The van der Waals surface area contributed by atoms with E-state index in [-0.39, 0.29) is 5.82 Å². The second-order valence-electron chi connectivity index (χ2n) is 4.56. The topological polar surface area (TPSA) is 82.8 Å². The lowest BCUT2D eigenvalue weighted by Gasteiger charge is -2.01. The Morgan fingerprint density at radius 3 is 2.76 bits per heavy atom. The molecule has 108 valence electrons. The van der Waals surface area contributed by atoms with E-state index in [2.05, 4.69) is 15.3 Å². The van der Waals surface area contributed by atoms with E-state index in [0.717, 1.165) is 17.7 Å². The smallest absolute Gasteiger partial charge is 0.216 e. The molecule has 0 aliphatic carbocycles. The number of halogens is 1. The highest BCUT2D eigenvalue weighted by Gasteiger charge is 2.12. The summed E-state index contributed by atoms with van der Waals surface area (Å²) in [5, 5.41) is 7.81. The molecule has 2 aromatic heterocycles. The van der Waals surface area contributed by atoms with Gasteiger partial charge in [-0.25, -0.2) is 14.1 Å². The summed E-state index contributed by atoms with van der Waals surface area (Å²) < 4.78 is 20.2. The third-order valence-corrected chi connectivity index (χ3v) is 3.17. The Morgan fingerprint density at radius 1 is 1.29 bits per heavy atom. The van der Waals surface area contributed by atoms with Gasteiger partial charge in [-0.05, 0) is 30.7 Å². The Kier molecular flexibility index (Phi) is 3.39. The first-order valence-corrected chi connectivity index (χ1v) is 6.56. The number of nitrogens with two attached hydrogens (primary N) is 1. The fraction of sp³-hybridized carbons (Fsp3) is 0.214. The highest BCUT2D eigenvalue weighted by Crippen LogP contribution is 2.21. The largest absolute Gasteiger partial charge is 0.439 e. The van der Waals surface area contributed by atoms with Crippen LogP contribution in [0.4, 0.5) is 10.2 Å². The highest BCUT2D eigenvalue weighted by molar-refractivity contribution is 5.55. The van der Waals surface area contributed by atoms with Gasteiger partial charge in [0.25, 0.3) is 0 Å². The summed E-state index contributed by atoms with van der Waals surface area (Å²) in [4.78, 5) is 4.21. The van der Waals surface area contributed by atoms with Crippen molar-refractivity contribution in [3.05, 3.63) is 47.9 Å². The predicted octanol–water partition coefficient (Wildman–Crippen LogP) is 2.27. The molecule has 0 unspecified atom stereocenters. The molecule has 6 nitrogen and oxygen atoms in total. The van der Waals surface area contributed by atoms with Crippen molar-refractivity contribution in [2.45, 2.75) is 19.9 Å². The molecule has 21 heavy (non-hydrogen) atoms. The molecule has 0 saturated carbocycles. The summed E-state index contributed by atoms with van der Waals surface area (Å²) in [6.45, 7) is 2.33. The van der Waals surface area contributed by atoms with Gasteiger partial charge in [-0.3, -0.25) is 0 Å². The number of anilines is 1. The maximum absolute atomic E-state index is 12.9. The zero-order chi connectivity index (χ0) is 14.8. The normalized spacial score (nSPS) is 11.0. The minimum Gasteiger partial charge on any atom is -0.439 e. The van der Waals surface area contributed by atoms with Gasteiger partial charge in [0.2, 0.25) is 5.89 Å². The van der Waals surface area contributed by atoms with Gasteiger partial charge in [0.1, 0.15) is 12.4 Å². The monoisotopic (exact) mass is 287 g/mol. The minimum atomic E-state index is -0.288. The molecule has 3 rings (SSSR count). The van der Waals surface area contributed by atoms with Crippen LogP contribution in [-0.2, 0) is 13.0 Å². The number of nitrogens with zero attached hydrogens (tertiary/aromatic N) is 4. The molecule has 2 N–H and O–H groups in total. The van der Waals surface area contributed by atoms with Crippen LogP contribution in [0.15, 0.2) is 34.9 Å². The van der Waals surface area contributed by atoms with Crippen LogP contribution in [0.3, 0.4) is 0 Å². The predicted molar refractivity (Wildman–Crippen MR) is 74.8 cm³/mol. The standard InChI is InChI=1S/C14H14FN5O/c1-2-11-14(16)18-19-20(11)8-13-17-7-12(21-13)9-3-5-10(15)6-4-9/h3-7H,2,8,16H2,1H3. The quantitative estimate of drug-likeness (QED) is 0.795. The summed E-state index contributed by atoms with van der Waals surface area (Å²) in [7, 11) is 0. The Balaban J connectivity index is 1.83. The van der Waals surface area contributed by atoms with Crippen molar-refractivity contribution in [3.8, 4) is 11.3 Å². The highest BCUT2D eigenvalue weighted by atomic mass is 19.1. The van der Waals surface area contributed by atoms with Crippen molar-refractivity contribution < 1.29 is 8.81 Å². The van der Waals surface area contributed by atoms with Gasteiger partial charge in [0, 0.05) is 5.56 Å². The Labute approximate surface area is 120 Å². The van der Waals surface area contributed by atoms with Crippen LogP contribution >= 0.6 is 0 Å². The van der Waals surface area contributed by atoms with Gasteiger partial charge in [0.05, 0.1) is 11.9 Å². The molecule has 0 aliphatic heterocycles. The van der Waals surface area contributed by atoms with E-state index in [0.29, 0.717) is 24.0 Å². The van der Waals surface area contributed by atoms with Crippen molar-refractivity contribution in [1.82, 2.24) is 20.0 Å². The molecule has 0 fully saturated rings. The first kappa shape index (κ1) is 13.3. The van der Waals surface area contributed by atoms with Crippen molar-refractivity contribution in [3.63, 3.8) is 0 Å². The van der Waals surface area contributed by atoms with Gasteiger partial charge >= 0.3 is 0 Å². The van der Waals surface area contributed by atoms with Gasteiger partial charge in [-0.15, -0.1) is 5.10 Å². The number of oxazole rings is 1. The number of hydrogen-bond donors (Lipinski definition) is 1. The van der Waals surface area contributed by atoms with Crippen LogP contribution in [0, 0.1) is 5.82 Å². The van der Waals surface area contributed by atoms with Crippen LogP contribution in [0.1, 0.15) is 18.5 Å². The molecule has 0 bridgehead atoms. The molecular formula is C14H14FN5O. The Hall–Kier alpha value is -2.70. The van der Waals surface area contributed by atoms with Crippen molar-refractivity contribution >= 4 is 5.82 Å². The second kappa shape index (κ2) is 5.35. The summed E-state index contributed by atoms with van der Waals surface area (Å²) in [6, 6.07) is 6.05. The molecule has 0 aliphatic rings. The van der Waals surface area contributed by atoms with Crippen LogP contribution < -0.4 is 5.73 Å². The van der Waals surface area contributed by atoms with Crippen molar-refractivity contribution in [2.75, 3.05) is 5.73 Å². The maximum Gasteiger partial charge on any atom is 0.216 e. The fourth-order valence-corrected chi connectivity index (χ4v) is 2.10. The number of nitrogen functional groups attached to an aromatic ring is 1. The number of rotatable bonds is 4. The molecule has 3 aromatic rings. The van der Waals surface area contributed by atoms with Crippen LogP contribution in [0.2, 0.25) is 0 Å². The van der Waals surface area contributed by atoms with Crippen LogP contribution in [-0.4, -0.2) is 20.0 Å². The molecule has 2 heterocycles. The molecule has 0 radical (unpaired) electrons. The van der Waals surface area contributed by atoms with Crippen molar-refractivity contribution in [2.24, 2.45) is 0 Å². The lowest BCUT2D eigenvalue weighted by molar-refractivity contribution is 0.463. The second-order valence-corrected chi connectivity index (χ2v) is 4.56. The van der Waals surface area contributed by atoms with E-state index < -0.39 is 0 Å². The zero-order valence-electron chi connectivity index (χ0n) is 11.5. The number of hydrogen-bond acceptors (Lipinski definition) is 5. The van der Waals surface area contributed by atoms with E-state index in [1.54, 1.807) is 23.0 Å². The molecule has 0 atom stereocenters.